The Morgan fingerprint density at radius 1 is 1.33 bits per heavy atom. The van der Waals surface area contributed by atoms with Crippen LogP contribution in [0.2, 0.25) is 0 Å². The van der Waals surface area contributed by atoms with E-state index in [4.69, 9.17) is 15.2 Å². The van der Waals surface area contributed by atoms with Crippen molar-refractivity contribution in [3.63, 3.8) is 0 Å². The normalized spacial score (nSPS) is 11.1. The van der Waals surface area contributed by atoms with Gasteiger partial charge in [0.25, 0.3) is 0 Å². The Bertz CT molecular complexity index is 434. The standard InChI is InChI=1S/C10H16N4O3S/c1-10(2,3)17-6(15)5-18-9-13-7(11)12-8(14-9)16-4/h5H2,1-4H3,(H2,11,12,13,14). The summed E-state index contributed by atoms with van der Waals surface area (Å²) in [6, 6.07) is 0.120. The van der Waals surface area contributed by atoms with Gasteiger partial charge in [-0.15, -0.1) is 0 Å². The molecule has 0 aliphatic heterocycles. The molecule has 7 nitrogen and oxygen atoms in total. The van der Waals surface area contributed by atoms with Crippen LogP contribution in [0, 0.1) is 0 Å². The van der Waals surface area contributed by atoms with E-state index >= 15 is 0 Å². The topological polar surface area (TPSA) is 100 Å². The highest BCUT2D eigenvalue weighted by Gasteiger charge is 2.17. The number of carbonyl (C=O) groups excluding carboxylic acids is 1. The van der Waals surface area contributed by atoms with E-state index in [2.05, 4.69) is 15.0 Å². The highest BCUT2D eigenvalue weighted by Crippen LogP contribution is 2.17. The minimum Gasteiger partial charge on any atom is -0.467 e. The zero-order valence-electron chi connectivity index (χ0n) is 10.8. The summed E-state index contributed by atoms with van der Waals surface area (Å²) < 4.78 is 10.0. The number of anilines is 1. The van der Waals surface area contributed by atoms with E-state index in [9.17, 15) is 4.79 Å². The van der Waals surface area contributed by atoms with Gasteiger partial charge < -0.3 is 15.2 Å². The molecule has 0 unspecified atom stereocenters. The lowest BCUT2D eigenvalue weighted by atomic mass is 10.2. The second-order valence-electron chi connectivity index (χ2n) is 4.34. The Morgan fingerprint density at radius 3 is 2.56 bits per heavy atom. The molecular weight excluding hydrogens is 256 g/mol. The SMILES string of the molecule is COc1nc(N)nc(SCC(=O)OC(C)(C)C)n1. The van der Waals surface area contributed by atoms with Crippen LogP contribution in [0.4, 0.5) is 5.95 Å². The third-order valence-electron chi connectivity index (χ3n) is 1.53. The third-order valence-corrected chi connectivity index (χ3v) is 2.35. The van der Waals surface area contributed by atoms with Crippen molar-refractivity contribution in [3.8, 4) is 6.01 Å². The van der Waals surface area contributed by atoms with Gasteiger partial charge in [0.1, 0.15) is 5.60 Å². The van der Waals surface area contributed by atoms with Crippen LogP contribution in [0.3, 0.4) is 0 Å². The van der Waals surface area contributed by atoms with Crippen molar-refractivity contribution in [3.05, 3.63) is 0 Å². The van der Waals surface area contributed by atoms with Crippen LogP contribution in [-0.4, -0.2) is 39.4 Å². The van der Waals surface area contributed by atoms with E-state index in [0.717, 1.165) is 11.8 Å². The van der Waals surface area contributed by atoms with Crippen molar-refractivity contribution in [2.75, 3.05) is 18.6 Å². The average molecular weight is 272 g/mol. The minimum absolute atomic E-state index is 0.0496. The predicted octanol–water partition coefficient (Wildman–Crippen LogP) is 0.896. The molecule has 0 radical (unpaired) electrons. The van der Waals surface area contributed by atoms with Gasteiger partial charge in [0, 0.05) is 0 Å². The fraction of sp³-hybridized carbons (Fsp3) is 0.600. The maximum Gasteiger partial charge on any atom is 0.321 e. The Balaban J connectivity index is 2.58. The van der Waals surface area contributed by atoms with Crippen molar-refractivity contribution in [2.24, 2.45) is 0 Å². The van der Waals surface area contributed by atoms with E-state index in [-0.39, 0.29) is 23.7 Å². The highest BCUT2D eigenvalue weighted by atomic mass is 32.2. The number of hydrogen-bond acceptors (Lipinski definition) is 8. The molecule has 18 heavy (non-hydrogen) atoms. The van der Waals surface area contributed by atoms with Gasteiger partial charge in [-0.05, 0) is 20.8 Å². The van der Waals surface area contributed by atoms with Crippen LogP contribution in [-0.2, 0) is 9.53 Å². The third kappa shape index (κ3) is 5.17. The molecule has 1 rings (SSSR count). The Kier molecular flexibility index (Phi) is 4.71. The summed E-state index contributed by atoms with van der Waals surface area (Å²) in [6.07, 6.45) is 0. The molecule has 0 amide bonds. The first kappa shape index (κ1) is 14.5. The summed E-state index contributed by atoms with van der Waals surface area (Å²) in [5, 5.41) is 0.324. The Morgan fingerprint density at radius 2 is 2.00 bits per heavy atom. The molecule has 0 bridgehead atoms. The Hall–Kier alpha value is -1.57. The zero-order valence-corrected chi connectivity index (χ0v) is 11.6. The number of hydrogen-bond donors (Lipinski definition) is 1. The van der Waals surface area contributed by atoms with Crippen molar-refractivity contribution in [1.29, 1.82) is 0 Å². The predicted molar refractivity (Wildman–Crippen MR) is 67.4 cm³/mol. The number of nitrogens with two attached hydrogens (primary N) is 1. The molecule has 0 saturated carbocycles. The van der Waals surface area contributed by atoms with Crippen LogP contribution in [0.25, 0.3) is 0 Å². The number of carbonyl (C=O) groups is 1. The lowest BCUT2D eigenvalue weighted by molar-refractivity contribution is -0.151. The molecule has 0 fully saturated rings. The molecule has 1 aromatic rings. The molecule has 8 heteroatoms. The molecule has 0 saturated heterocycles. The second-order valence-corrected chi connectivity index (χ2v) is 5.28. The first-order valence-electron chi connectivity index (χ1n) is 5.20. The summed E-state index contributed by atoms with van der Waals surface area (Å²) in [4.78, 5) is 23.1. The fourth-order valence-electron chi connectivity index (χ4n) is 1.00. The molecule has 1 heterocycles. The van der Waals surface area contributed by atoms with E-state index in [1.807, 2.05) is 0 Å². The summed E-state index contributed by atoms with van der Waals surface area (Å²) in [5.74, 6) is -0.192. The summed E-state index contributed by atoms with van der Waals surface area (Å²) >= 11 is 1.12. The molecule has 0 aliphatic carbocycles. The van der Waals surface area contributed by atoms with E-state index in [1.165, 1.54) is 7.11 Å². The summed E-state index contributed by atoms with van der Waals surface area (Å²) in [5.41, 5.74) is 4.96. The quantitative estimate of drug-likeness (QED) is 0.637. The molecule has 0 aromatic carbocycles. The lowest BCUT2D eigenvalue weighted by Crippen LogP contribution is -2.25. The van der Waals surface area contributed by atoms with Gasteiger partial charge in [-0.25, -0.2) is 0 Å². The second kappa shape index (κ2) is 5.85. The van der Waals surface area contributed by atoms with Gasteiger partial charge in [-0.3, -0.25) is 4.79 Å². The summed E-state index contributed by atoms with van der Waals surface area (Å²) in [7, 11) is 1.43. The maximum absolute atomic E-state index is 11.5. The van der Waals surface area contributed by atoms with E-state index in [0.29, 0.717) is 5.16 Å². The number of ether oxygens (including phenoxy) is 2. The first-order chi connectivity index (χ1) is 8.30. The maximum atomic E-state index is 11.5. The number of nitrogens with zero attached hydrogens (tertiary/aromatic N) is 3. The van der Waals surface area contributed by atoms with Gasteiger partial charge in [-0.1, -0.05) is 11.8 Å². The zero-order chi connectivity index (χ0) is 13.8. The molecule has 1 aromatic heterocycles. The number of thioether (sulfide) groups is 1. The van der Waals surface area contributed by atoms with Crippen LogP contribution in [0.5, 0.6) is 6.01 Å². The smallest absolute Gasteiger partial charge is 0.321 e. The first-order valence-corrected chi connectivity index (χ1v) is 6.19. The van der Waals surface area contributed by atoms with Crippen LogP contribution < -0.4 is 10.5 Å². The van der Waals surface area contributed by atoms with Crippen molar-refractivity contribution in [2.45, 2.75) is 31.5 Å². The minimum atomic E-state index is -0.506. The molecule has 0 atom stereocenters. The Labute approximate surface area is 109 Å². The van der Waals surface area contributed by atoms with Crippen LogP contribution >= 0.6 is 11.8 Å². The van der Waals surface area contributed by atoms with Crippen molar-refractivity contribution >= 4 is 23.7 Å². The number of aromatic nitrogens is 3. The van der Waals surface area contributed by atoms with Gasteiger partial charge in [0.2, 0.25) is 5.95 Å². The van der Waals surface area contributed by atoms with Gasteiger partial charge in [-0.2, -0.15) is 15.0 Å². The molecule has 0 spiro atoms. The fourth-order valence-corrected chi connectivity index (χ4v) is 1.61. The van der Waals surface area contributed by atoms with Gasteiger partial charge in [0.05, 0.1) is 12.9 Å². The number of rotatable bonds is 4. The van der Waals surface area contributed by atoms with E-state index < -0.39 is 5.60 Å². The molecule has 2 N–H and O–H groups in total. The van der Waals surface area contributed by atoms with Crippen LogP contribution in [0.15, 0.2) is 5.16 Å². The van der Waals surface area contributed by atoms with Gasteiger partial charge in [0.15, 0.2) is 5.16 Å². The van der Waals surface area contributed by atoms with Crippen molar-refractivity contribution in [1.82, 2.24) is 15.0 Å². The van der Waals surface area contributed by atoms with Gasteiger partial charge >= 0.3 is 12.0 Å². The van der Waals surface area contributed by atoms with Crippen molar-refractivity contribution < 1.29 is 14.3 Å². The average Bonchev–Trinajstić information content (AvgIpc) is 2.23. The number of methoxy groups -OCH3 is 1. The van der Waals surface area contributed by atoms with Crippen LogP contribution in [0.1, 0.15) is 20.8 Å². The summed E-state index contributed by atoms with van der Waals surface area (Å²) in [6.45, 7) is 5.42. The lowest BCUT2D eigenvalue weighted by Gasteiger charge is -2.19. The molecule has 100 valence electrons. The molecular formula is C10H16N4O3S. The largest absolute Gasteiger partial charge is 0.467 e. The number of nitrogen functional groups attached to an aromatic ring is 1. The van der Waals surface area contributed by atoms with E-state index in [1.54, 1.807) is 20.8 Å². The molecule has 0 aliphatic rings. The monoisotopic (exact) mass is 272 g/mol. The highest BCUT2D eigenvalue weighted by molar-refractivity contribution is 7.99. The number of esters is 1.